The van der Waals surface area contributed by atoms with Gasteiger partial charge in [0.05, 0.1) is 0 Å². The molecule has 1 aliphatic carbocycles. The zero-order valence-corrected chi connectivity index (χ0v) is 25.8. The summed E-state index contributed by atoms with van der Waals surface area (Å²) in [5, 5.41) is 8.11. The first kappa shape index (κ1) is 24.9. The Hall–Kier alpha value is -4.62. The van der Waals surface area contributed by atoms with E-state index >= 15 is 0 Å². The van der Waals surface area contributed by atoms with Gasteiger partial charge in [0.2, 0.25) is 0 Å². The number of fused-ring (bicyclic) bond motifs is 9. The molecule has 43 heavy (non-hydrogen) atoms. The summed E-state index contributed by atoms with van der Waals surface area (Å²) in [5.74, 6) is 0. The molecule has 8 aromatic rings. The summed E-state index contributed by atoms with van der Waals surface area (Å²) in [4.78, 5) is 2.43. The van der Waals surface area contributed by atoms with Crippen LogP contribution in [0.25, 0.3) is 52.0 Å². The first-order chi connectivity index (χ1) is 21.1. The first-order valence-corrected chi connectivity index (χ1v) is 16.6. The monoisotopic (exact) mass is 615 g/mol. The van der Waals surface area contributed by atoms with E-state index in [4.69, 9.17) is 0 Å². The van der Waals surface area contributed by atoms with Crippen LogP contribution in [0.2, 0.25) is 0 Å². The number of rotatable bonds is 3. The van der Waals surface area contributed by atoms with Crippen LogP contribution in [0, 0.1) is 0 Å². The van der Waals surface area contributed by atoms with Gasteiger partial charge in [0, 0.05) is 0 Å². The quantitative estimate of drug-likeness (QED) is 0.179. The molecule has 9 rings (SSSR count). The second-order valence-electron chi connectivity index (χ2n) is 12.2. The summed E-state index contributed by atoms with van der Waals surface area (Å²) in [7, 11) is 0. The molecule has 0 N–H and O–H groups in total. The van der Waals surface area contributed by atoms with E-state index in [1.807, 2.05) is 0 Å². The molecule has 1 nitrogen and oxygen atoms in total. The van der Waals surface area contributed by atoms with E-state index < -0.39 is 0 Å². The molecule has 0 amide bonds. The molecular weight excluding hydrogens is 585 g/mol. The third kappa shape index (κ3) is 3.70. The van der Waals surface area contributed by atoms with E-state index in [9.17, 15) is 0 Å². The van der Waals surface area contributed by atoms with Crippen LogP contribution >= 0.6 is 0 Å². The molecular formula is C41H29NSe. The maximum absolute atomic E-state index is 2.44. The van der Waals surface area contributed by atoms with E-state index in [1.165, 1.54) is 80.2 Å². The van der Waals surface area contributed by atoms with Gasteiger partial charge in [-0.1, -0.05) is 6.07 Å². The van der Waals surface area contributed by atoms with Crippen LogP contribution < -0.4 is 4.90 Å². The molecule has 0 spiro atoms. The van der Waals surface area contributed by atoms with Crippen molar-refractivity contribution in [3.63, 3.8) is 0 Å². The minimum absolute atomic E-state index is 0.0462. The molecule has 0 aliphatic heterocycles. The SMILES string of the molecule is CC1(C)c2ccc(N(c3ccccc3)c3ccc4c(c3)[se]c3c5ccccc5ccc43)cc2-c2cc3ccccc3cc21. The van der Waals surface area contributed by atoms with Gasteiger partial charge in [-0.3, -0.25) is 0 Å². The summed E-state index contributed by atoms with van der Waals surface area (Å²) in [6.07, 6.45) is 0. The molecule has 2 heteroatoms. The number of nitrogens with zero attached hydrogens (tertiary/aromatic N) is 1. The molecule has 7 aromatic carbocycles. The van der Waals surface area contributed by atoms with Crippen LogP contribution in [0.5, 0.6) is 0 Å². The predicted octanol–water partition coefficient (Wildman–Crippen LogP) is 11.1. The van der Waals surface area contributed by atoms with Gasteiger partial charge < -0.3 is 0 Å². The number of benzene rings is 7. The average molecular weight is 615 g/mol. The van der Waals surface area contributed by atoms with Crippen molar-refractivity contribution < 1.29 is 0 Å². The number of para-hydroxylation sites is 1. The van der Waals surface area contributed by atoms with Crippen molar-refractivity contribution in [3.8, 4) is 11.1 Å². The topological polar surface area (TPSA) is 3.24 Å². The van der Waals surface area contributed by atoms with E-state index in [0.29, 0.717) is 0 Å². The fourth-order valence-electron chi connectivity index (χ4n) is 7.22. The van der Waals surface area contributed by atoms with Crippen LogP contribution in [-0.4, -0.2) is 14.5 Å². The van der Waals surface area contributed by atoms with Gasteiger partial charge in [-0.2, -0.15) is 0 Å². The average Bonchev–Trinajstić information content (AvgIpc) is 3.52. The molecule has 0 fully saturated rings. The van der Waals surface area contributed by atoms with Crippen molar-refractivity contribution in [3.05, 3.63) is 151 Å². The van der Waals surface area contributed by atoms with Gasteiger partial charge in [-0.15, -0.1) is 0 Å². The van der Waals surface area contributed by atoms with Crippen LogP contribution in [-0.2, 0) is 5.41 Å². The number of hydrogen-bond donors (Lipinski definition) is 0. The number of anilines is 3. The molecule has 1 heterocycles. The fraction of sp³-hybridized carbons (Fsp3) is 0.0732. The molecule has 204 valence electrons. The molecule has 0 saturated heterocycles. The molecule has 0 unspecified atom stereocenters. The zero-order valence-electron chi connectivity index (χ0n) is 24.1. The Balaban J connectivity index is 1.25. The van der Waals surface area contributed by atoms with Crippen molar-refractivity contribution in [1.82, 2.24) is 0 Å². The van der Waals surface area contributed by atoms with E-state index in [-0.39, 0.29) is 19.9 Å². The zero-order chi connectivity index (χ0) is 28.7. The number of hydrogen-bond acceptors (Lipinski definition) is 1. The normalized spacial score (nSPS) is 13.5. The molecule has 1 aliphatic rings. The van der Waals surface area contributed by atoms with Crippen LogP contribution in [0.3, 0.4) is 0 Å². The fourth-order valence-corrected chi connectivity index (χ4v) is 9.89. The molecule has 0 saturated carbocycles. The minimum atomic E-state index is -0.0462. The van der Waals surface area contributed by atoms with E-state index in [2.05, 4.69) is 158 Å². The van der Waals surface area contributed by atoms with Crippen molar-refractivity contribution in [2.24, 2.45) is 0 Å². The standard InChI is InChI=1S/C41H29NSe/c1-41(2)37-21-18-30(24-36(37)35-22-27-11-6-7-12-28(27)23-38(35)41)42(29-13-4-3-5-14-29)31-17-20-33-34-19-16-26-10-8-9-15-32(26)40(34)43-39(33)25-31/h3-25H,1-2H3. The predicted molar refractivity (Wildman–Crippen MR) is 186 cm³/mol. The van der Waals surface area contributed by atoms with Gasteiger partial charge >= 0.3 is 252 Å². The Bertz CT molecular complexity index is 2380. The maximum atomic E-state index is 2.44. The van der Waals surface area contributed by atoms with Gasteiger partial charge in [0.15, 0.2) is 0 Å². The molecule has 1 aromatic heterocycles. The van der Waals surface area contributed by atoms with Gasteiger partial charge in [0.25, 0.3) is 0 Å². The Morgan fingerprint density at radius 2 is 1.12 bits per heavy atom. The Morgan fingerprint density at radius 1 is 0.465 bits per heavy atom. The Kier molecular flexibility index (Phi) is 5.33. The summed E-state index contributed by atoms with van der Waals surface area (Å²) in [6, 6.07) is 52.0. The van der Waals surface area contributed by atoms with E-state index in [1.54, 1.807) is 0 Å². The summed E-state index contributed by atoms with van der Waals surface area (Å²) < 4.78 is 2.96. The summed E-state index contributed by atoms with van der Waals surface area (Å²) in [5.41, 5.74) is 9.03. The second kappa shape index (κ2) is 9.19. The second-order valence-corrected chi connectivity index (χ2v) is 14.4. The van der Waals surface area contributed by atoms with Crippen molar-refractivity contribution in [2.75, 3.05) is 4.90 Å². The van der Waals surface area contributed by atoms with E-state index in [0.717, 1.165) is 0 Å². The summed E-state index contributed by atoms with van der Waals surface area (Å²) >= 11 is 0.256. The van der Waals surface area contributed by atoms with Crippen molar-refractivity contribution in [2.45, 2.75) is 19.3 Å². The first-order valence-electron chi connectivity index (χ1n) is 14.9. The third-order valence-electron chi connectivity index (χ3n) is 9.40. The van der Waals surface area contributed by atoms with Crippen LogP contribution in [0.1, 0.15) is 25.0 Å². The Morgan fingerprint density at radius 3 is 1.95 bits per heavy atom. The molecule has 0 bridgehead atoms. The molecule has 0 radical (unpaired) electrons. The summed E-state index contributed by atoms with van der Waals surface area (Å²) in [6.45, 7) is 4.73. The van der Waals surface area contributed by atoms with Crippen molar-refractivity contribution in [1.29, 1.82) is 0 Å². The van der Waals surface area contributed by atoms with Gasteiger partial charge in [-0.25, -0.2) is 0 Å². The van der Waals surface area contributed by atoms with Crippen LogP contribution in [0.4, 0.5) is 17.1 Å². The van der Waals surface area contributed by atoms with Crippen LogP contribution in [0.15, 0.2) is 140 Å². The Labute approximate surface area is 257 Å². The molecule has 0 atom stereocenters. The van der Waals surface area contributed by atoms with Gasteiger partial charge in [0.1, 0.15) is 0 Å². The third-order valence-corrected chi connectivity index (χ3v) is 11.9. The van der Waals surface area contributed by atoms with Crippen molar-refractivity contribution >= 4 is 72.4 Å². The van der Waals surface area contributed by atoms with Gasteiger partial charge in [-0.05, 0) is 0 Å².